The molecule has 2 rings (SSSR count). The third-order valence-corrected chi connectivity index (χ3v) is 3.78. The zero-order chi connectivity index (χ0) is 11.6. The molecule has 0 bridgehead atoms. The van der Waals surface area contributed by atoms with Crippen LogP contribution in [0, 0.1) is 0 Å². The van der Waals surface area contributed by atoms with E-state index in [1.54, 1.807) is 6.07 Å². The Bertz CT molecular complexity index is 467. The highest BCUT2D eigenvalue weighted by molar-refractivity contribution is 7.90. The smallest absolute Gasteiger partial charge is 0.192 e. The molecule has 0 atom stereocenters. The van der Waals surface area contributed by atoms with Crippen LogP contribution in [0.2, 0.25) is 0 Å². The third kappa shape index (κ3) is 2.56. The second kappa shape index (κ2) is 4.47. The normalized spacial score (nSPS) is 18.6. The molecule has 2 heterocycles. The van der Waals surface area contributed by atoms with E-state index in [9.17, 15) is 8.42 Å². The van der Waals surface area contributed by atoms with Crippen molar-refractivity contribution in [3.63, 3.8) is 0 Å². The van der Waals surface area contributed by atoms with Gasteiger partial charge in [0.15, 0.2) is 14.9 Å². The van der Waals surface area contributed by atoms with Gasteiger partial charge < -0.3 is 5.32 Å². The second-order valence-corrected chi connectivity index (χ2v) is 6.04. The van der Waals surface area contributed by atoms with Crippen LogP contribution in [0.4, 0.5) is 0 Å². The molecule has 16 heavy (non-hydrogen) atoms. The number of sulfone groups is 1. The van der Waals surface area contributed by atoms with Gasteiger partial charge in [-0.05, 0) is 32.0 Å². The van der Waals surface area contributed by atoms with Gasteiger partial charge in [0, 0.05) is 17.9 Å². The number of aromatic nitrogens is 2. The summed E-state index contributed by atoms with van der Waals surface area (Å²) in [5, 5.41) is 3.39. The number of hydrogen-bond donors (Lipinski definition) is 1. The number of hydrogen-bond acceptors (Lipinski definition) is 5. The number of piperidine rings is 1. The van der Waals surface area contributed by atoms with Crippen LogP contribution in [0.15, 0.2) is 17.4 Å². The van der Waals surface area contributed by atoms with Gasteiger partial charge in [-0.1, -0.05) is 0 Å². The largest absolute Gasteiger partial charge is 0.317 e. The Balaban J connectivity index is 2.28. The van der Waals surface area contributed by atoms with Gasteiger partial charge in [0.2, 0.25) is 0 Å². The van der Waals surface area contributed by atoms with Gasteiger partial charge in [-0.2, -0.15) is 0 Å². The predicted octanol–water partition coefficient (Wildman–Crippen LogP) is 0.347. The van der Waals surface area contributed by atoms with Crippen LogP contribution in [0.1, 0.15) is 24.5 Å². The summed E-state index contributed by atoms with van der Waals surface area (Å²) in [6.07, 6.45) is 4.51. The summed E-state index contributed by atoms with van der Waals surface area (Å²) in [4.78, 5) is 7.96. The van der Waals surface area contributed by atoms with Gasteiger partial charge in [-0.25, -0.2) is 18.4 Å². The van der Waals surface area contributed by atoms with Crippen LogP contribution in [0.3, 0.4) is 0 Å². The molecule has 0 aliphatic carbocycles. The Labute approximate surface area is 95.2 Å². The monoisotopic (exact) mass is 241 g/mol. The molecule has 1 fully saturated rings. The first-order valence-electron chi connectivity index (χ1n) is 5.30. The molecule has 0 saturated carbocycles. The summed E-state index contributed by atoms with van der Waals surface area (Å²) in [5.74, 6) is 0.352. The van der Waals surface area contributed by atoms with Crippen molar-refractivity contribution >= 4 is 9.84 Å². The number of rotatable bonds is 2. The molecular formula is C10H15N3O2S. The van der Waals surface area contributed by atoms with E-state index in [4.69, 9.17) is 0 Å². The highest BCUT2D eigenvalue weighted by Gasteiger charge is 2.18. The lowest BCUT2D eigenvalue weighted by Crippen LogP contribution is -2.27. The highest BCUT2D eigenvalue weighted by atomic mass is 32.2. The van der Waals surface area contributed by atoms with Crippen LogP contribution in [-0.4, -0.2) is 37.7 Å². The molecule has 0 aromatic carbocycles. The first kappa shape index (κ1) is 11.5. The summed E-state index contributed by atoms with van der Waals surface area (Å²) < 4.78 is 22.7. The molecule has 1 saturated heterocycles. The van der Waals surface area contributed by atoms with Crippen molar-refractivity contribution in [2.75, 3.05) is 19.3 Å². The third-order valence-electron chi connectivity index (χ3n) is 2.80. The van der Waals surface area contributed by atoms with Crippen molar-refractivity contribution in [3.8, 4) is 0 Å². The molecule has 6 heteroatoms. The second-order valence-electron chi connectivity index (χ2n) is 4.08. The molecule has 0 unspecified atom stereocenters. The fourth-order valence-corrected chi connectivity index (χ4v) is 2.47. The van der Waals surface area contributed by atoms with Crippen LogP contribution in [0.25, 0.3) is 0 Å². The van der Waals surface area contributed by atoms with Crippen molar-refractivity contribution in [1.82, 2.24) is 15.3 Å². The maximum Gasteiger partial charge on any atom is 0.192 e. The first-order chi connectivity index (χ1) is 7.57. The zero-order valence-corrected chi connectivity index (χ0v) is 10.00. The van der Waals surface area contributed by atoms with Gasteiger partial charge >= 0.3 is 0 Å². The minimum absolute atomic E-state index is 0.121. The Morgan fingerprint density at radius 2 is 2.00 bits per heavy atom. The van der Waals surface area contributed by atoms with E-state index in [0.29, 0.717) is 5.92 Å². The molecule has 1 aliphatic rings. The molecule has 0 spiro atoms. The molecule has 5 nitrogen and oxygen atoms in total. The fraction of sp³-hybridized carbons (Fsp3) is 0.600. The van der Waals surface area contributed by atoms with E-state index in [-0.39, 0.29) is 5.03 Å². The average Bonchev–Trinajstić information content (AvgIpc) is 2.29. The Hall–Kier alpha value is -1.01. The van der Waals surface area contributed by atoms with Gasteiger partial charge in [0.05, 0.1) is 0 Å². The molecule has 1 N–H and O–H groups in total. The number of nitrogens with zero attached hydrogens (tertiary/aromatic N) is 2. The zero-order valence-electron chi connectivity index (χ0n) is 9.18. The van der Waals surface area contributed by atoms with Crippen molar-refractivity contribution in [1.29, 1.82) is 0 Å². The van der Waals surface area contributed by atoms with E-state index in [1.807, 2.05) is 0 Å². The van der Waals surface area contributed by atoms with E-state index in [1.165, 1.54) is 12.6 Å². The Kier molecular flexibility index (Phi) is 3.20. The molecule has 0 radical (unpaired) electrons. The molecule has 0 amide bonds. The lowest BCUT2D eigenvalue weighted by atomic mass is 9.94. The van der Waals surface area contributed by atoms with E-state index < -0.39 is 9.84 Å². The van der Waals surface area contributed by atoms with E-state index in [2.05, 4.69) is 15.3 Å². The van der Waals surface area contributed by atoms with Crippen LogP contribution in [0.5, 0.6) is 0 Å². The summed E-state index contributed by atoms with van der Waals surface area (Å²) in [6.45, 7) is 1.92. The summed E-state index contributed by atoms with van der Waals surface area (Å²) in [5.41, 5.74) is 0.844. The lowest BCUT2D eigenvalue weighted by molar-refractivity contribution is 0.451. The quantitative estimate of drug-likeness (QED) is 0.756. The SMILES string of the molecule is CS(=O)(=O)c1cc(C2CCNCC2)ncn1. The van der Waals surface area contributed by atoms with E-state index in [0.717, 1.165) is 31.6 Å². The van der Waals surface area contributed by atoms with Crippen molar-refractivity contribution in [2.45, 2.75) is 23.8 Å². The van der Waals surface area contributed by atoms with Crippen molar-refractivity contribution in [2.24, 2.45) is 0 Å². The van der Waals surface area contributed by atoms with Gasteiger partial charge in [0.1, 0.15) is 6.33 Å². The summed E-state index contributed by atoms with van der Waals surface area (Å²) in [7, 11) is -3.23. The predicted molar refractivity (Wildman–Crippen MR) is 60.0 cm³/mol. The first-order valence-corrected chi connectivity index (χ1v) is 7.19. The maximum absolute atomic E-state index is 11.4. The standard InChI is InChI=1S/C10H15N3O2S/c1-16(14,15)10-6-9(12-7-13-10)8-2-4-11-5-3-8/h6-8,11H,2-5H2,1H3. The molecule has 1 aromatic rings. The Morgan fingerprint density at radius 1 is 1.31 bits per heavy atom. The minimum atomic E-state index is -3.23. The average molecular weight is 241 g/mol. The molecular weight excluding hydrogens is 226 g/mol. The summed E-state index contributed by atoms with van der Waals surface area (Å²) >= 11 is 0. The fourth-order valence-electron chi connectivity index (χ4n) is 1.90. The maximum atomic E-state index is 11.4. The van der Waals surface area contributed by atoms with Crippen molar-refractivity contribution in [3.05, 3.63) is 18.1 Å². The lowest BCUT2D eigenvalue weighted by Gasteiger charge is -2.21. The van der Waals surface area contributed by atoms with Crippen LogP contribution < -0.4 is 5.32 Å². The highest BCUT2D eigenvalue weighted by Crippen LogP contribution is 2.24. The topological polar surface area (TPSA) is 72.0 Å². The summed E-state index contributed by atoms with van der Waals surface area (Å²) in [6, 6.07) is 1.60. The number of nitrogens with one attached hydrogen (secondary N) is 1. The molecule has 1 aromatic heterocycles. The van der Waals surface area contributed by atoms with Crippen LogP contribution >= 0.6 is 0 Å². The van der Waals surface area contributed by atoms with Gasteiger partial charge in [-0.15, -0.1) is 0 Å². The molecule has 1 aliphatic heterocycles. The van der Waals surface area contributed by atoms with Gasteiger partial charge in [-0.3, -0.25) is 0 Å². The van der Waals surface area contributed by atoms with Crippen LogP contribution in [-0.2, 0) is 9.84 Å². The minimum Gasteiger partial charge on any atom is -0.317 e. The van der Waals surface area contributed by atoms with Crippen molar-refractivity contribution < 1.29 is 8.42 Å². The van der Waals surface area contributed by atoms with Gasteiger partial charge in [0.25, 0.3) is 0 Å². The molecule has 88 valence electrons. The Morgan fingerprint density at radius 3 is 2.62 bits per heavy atom. The van der Waals surface area contributed by atoms with E-state index >= 15 is 0 Å².